The summed E-state index contributed by atoms with van der Waals surface area (Å²) in [5.74, 6) is 0.658. The first-order valence-corrected chi connectivity index (χ1v) is 8.53. The fourth-order valence-electron chi connectivity index (χ4n) is 2.71. The molecule has 2 aromatic carbocycles. The van der Waals surface area contributed by atoms with Crippen LogP contribution in [-0.2, 0) is 4.79 Å². The average Bonchev–Trinajstić information content (AvgIpc) is 2.72. The van der Waals surface area contributed by atoms with Crippen molar-refractivity contribution in [2.75, 3.05) is 31.3 Å². The lowest BCUT2D eigenvalue weighted by Gasteiger charge is -2.24. The fraction of sp³-hybridized carbons (Fsp3) is 0.263. The van der Waals surface area contributed by atoms with Gasteiger partial charge in [0.1, 0.15) is 13.2 Å². The number of rotatable bonds is 7. The van der Waals surface area contributed by atoms with Crippen molar-refractivity contribution in [2.24, 2.45) is 0 Å². The van der Waals surface area contributed by atoms with Crippen LogP contribution in [0, 0.1) is 21.4 Å². The van der Waals surface area contributed by atoms with Gasteiger partial charge in [-0.1, -0.05) is 12.1 Å². The third-order valence-electron chi connectivity index (χ3n) is 4.00. The molecule has 0 aliphatic carbocycles. The van der Waals surface area contributed by atoms with Crippen LogP contribution in [0.4, 0.5) is 11.4 Å². The van der Waals surface area contributed by atoms with Crippen LogP contribution >= 0.6 is 0 Å². The van der Waals surface area contributed by atoms with Gasteiger partial charge < -0.3 is 19.1 Å². The number of nitriles is 1. The van der Waals surface area contributed by atoms with Crippen molar-refractivity contribution >= 4 is 17.3 Å². The Bertz CT molecular complexity index is 924. The van der Waals surface area contributed by atoms with Gasteiger partial charge in [-0.2, -0.15) is 5.26 Å². The van der Waals surface area contributed by atoms with E-state index in [9.17, 15) is 14.9 Å². The molecule has 0 saturated carbocycles. The number of hydrogen-bond donors (Lipinski definition) is 0. The third-order valence-corrected chi connectivity index (χ3v) is 4.00. The van der Waals surface area contributed by atoms with E-state index in [4.69, 9.17) is 19.5 Å². The SMILES string of the molecule is N#CCCN(C(=O)COc1ccccc1[N+](=O)[O-])c1ccc2c(c1)OCCO2. The maximum atomic E-state index is 12.7. The Balaban J connectivity index is 1.77. The summed E-state index contributed by atoms with van der Waals surface area (Å²) in [6.07, 6.45) is 0.117. The normalized spacial score (nSPS) is 12.0. The Morgan fingerprint density at radius 3 is 2.71 bits per heavy atom. The number of para-hydroxylation sites is 2. The van der Waals surface area contributed by atoms with E-state index in [2.05, 4.69) is 0 Å². The Kier molecular flexibility index (Phi) is 5.91. The number of benzene rings is 2. The van der Waals surface area contributed by atoms with E-state index in [-0.39, 0.29) is 24.4 Å². The van der Waals surface area contributed by atoms with Crippen molar-refractivity contribution < 1.29 is 23.9 Å². The second kappa shape index (κ2) is 8.73. The number of ether oxygens (including phenoxy) is 3. The van der Waals surface area contributed by atoms with E-state index in [0.29, 0.717) is 30.4 Å². The first-order chi connectivity index (χ1) is 13.6. The molecule has 9 nitrogen and oxygen atoms in total. The molecule has 0 unspecified atom stereocenters. The highest BCUT2D eigenvalue weighted by atomic mass is 16.6. The number of hydrogen-bond acceptors (Lipinski definition) is 7. The molecular weight excluding hydrogens is 366 g/mol. The smallest absolute Gasteiger partial charge is 0.310 e. The van der Waals surface area contributed by atoms with E-state index in [1.54, 1.807) is 24.3 Å². The maximum absolute atomic E-state index is 12.7. The highest BCUT2D eigenvalue weighted by molar-refractivity contribution is 5.94. The number of nitrogens with zero attached hydrogens (tertiary/aromatic N) is 3. The second-order valence-corrected chi connectivity index (χ2v) is 5.79. The standard InChI is InChI=1S/C19H17N3O6/c20-8-3-9-21(14-6-7-17-18(12-14)27-11-10-26-17)19(23)13-28-16-5-2-1-4-15(16)22(24)25/h1-2,4-7,12H,3,9-11,13H2. The van der Waals surface area contributed by atoms with Gasteiger partial charge in [-0.25, -0.2) is 0 Å². The molecule has 28 heavy (non-hydrogen) atoms. The van der Waals surface area contributed by atoms with Crippen molar-refractivity contribution in [3.05, 3.63) is 52.6 Å². The Hall–Kier alpha value is -3.80. The lowest BCUT2D eigenvalue weighted by Crippen LogP contribution is -2.36. The second-order valence-electron chi connectivity index (χ2n) is 5.79. The van der Waals surface area contributed by atoms with Gasteiger partial charge >= 0.3 is 5.69 Å². The summed E-state index contributed by atoms with van der Waals surface area (Å²) in [5, 5.41) is 20.0. The van der Waals surface area contributed by atoms with Gasteiger partial charge in [-0.3, -0.25) is 14.9 Å². The predicted octanol–water partition coefficient (Wildman–Crippen LogP) is 2.69. The summed E-state index contributed by atoms with van der Waals surface area (Å²) in [7, 11) is 0. The zero-order valence-electron chi connectivity index (χ0n) is 14.9. The Morgan fingerprint density at radius 1 is 1.21 bits per heavy atom. The van der Waals surface area contributed by atoms with E-state index in [1.165, 1.54) is 23.1 Å². The van der Waals surface area contributed by atoms with Gasteiger partial charge in [-0.15, -0.1) is 0 Å². The molecule has 0 saturated heterocycles. The van der Waals surface area contributed by atoms with Crippen LogP contribution in [0.5, 0.6) is 17.2 Å². The highest BCUT2D eigenvalue weighted by Crippen LogP contribution is 2.34. The van der Waals surface area contributed by atoms with Crippen LogP contribution in [0.3, 0.4) is 0 Å². The van der Waals surface area contributed by atoms with Crippen molar-refractivity contribution in [3.63, 3.8) is 0 Å². The average molecular weight is 383 g/mol. The van der Waals surface area contributed by atoms with Crippen LogP contribution in [0.1, 0.15) is 6.42 Å². The van der Waals surface area contributed by atoms with Crippen LogP contribution < -0.4 is 19.1 Å². The molecule has 9 heteroatoms. The van der Waals surface area contributed by atoms with Gasteiger partial charge in [0.05, 0.1) is 17.4 Å². The molecule has 0 bridgehead atoms. The summed E-state index contributed by atoms with van der Waals surface area (Å²) < 4.78 is 16.4. The topological polar surface area (TPSA) is 115 Å². The van der Waals surface area contributed by atoms with Crippen molar-refractivity contribution in [3.8, 4) is 23.3 Å². The number of fused-ring (bicyclic) bond motifs is 1. The first kappa shape index (κ1) is 19.0. The predicted molar refractivity (Wildman–Crippen MR) is 98.6 cm³/mol. The van der Waals surface area contributed by atoms with Crippen molar-refractivity contribution in [1.29, 1.82) is 5.26 Å². The Labute approximate surface area is 160 Å². The number of amides is 1. The molecule has 0 spiro atoms. The zero-order valence-corrected chi connectivity index (χ0v) is 14.9. The molecule has 1 heterocycles. The molecule has 2 aromatic rings. The van der Waals surface area contributed by atoms with Gasteiger partial charge in [-0.05, 0) is 18.2 Å². The molecule has 0 radical (unpaired) electrons. The van der Waals surface area contributed by atoms with E-state index in [0.717, 1.165) is 0 Å². The number of anilines is 1. The molecule has 3 rings (SSSR count). The largest absolute Gasteiger partial charge is 0.486 e. The molecule has 0 aromatic heterocycles. The minimum Gasteiger partial charge on any atom is -0.486 e. The minimum absolute atomic E-state index is 0.00302. The van der Waals surface area contributed by atoms with Crippen LogP contribution in [0.25, 0.3) is 0 Å². The monoisotopic (exact) mass is 383 g/mol. The quantitative estimate of drug-likeness (QED) is 0.533. The number of nitro groups is 1. The number of nitro benzene ring substituents is 1. The van der Waals surface area contributed by atoms with Crippen LogP contribution in [-0.4, -0.2) is 37.2 Å². The molecular formula is C19H17N3O6. The van der Waals surface area contributed by atoms with Crippen LogP contribution in [0.2, 0.25) is 0 Å². The lowest BCUT2D eigenvalue weighted by atomic mass is 10.2. The molecule has 1 aliphatic rings. The van der Waals surface area contributed by atoms with E-state index < -0.39 is 17.4 Å². The van der Waals surface area contributed by atoms with E-state index >= 15 is 0 Å². The summed E-state index contributed by atoms with van der Waals surface area (Å²) in [6.45, 7) is 0.594. The summed E-state index contributed by atoms with van der Waals surface area (Å²) in [4.78, 5) is 24.6. The molecule has 144 valence electrons. The van der Waals surface area contributed by atoms with Crippen LogP contribution in [0.15, 0.2) is 42.5 Å². The highest BCUT2D eigenvalue weighted by Gasteiger charge is 2.21. The summed E-state index contributed by atoms with van der Waals surface area (Å²) >= 11 is 0. The maximum Gasteiger partial charge on any atom is 0.310 e. The molecule has 0 fully saturated rings. The first-order valence-electron chi connectivity index (χ1n) is 8.53. The lowest BCUT2D eigenvalue weighted by molar-refractivity contribution is -0.385. The summed E-state index contributed by atoms with van der Waals surface area (Å²) in [6, 6.07) is 12.9. The number of carbonyl (C=O) groups is 1. The van der Waals surface area contributed by atoms with E-state index in [1.807, 2.05) is 6.07 Å². The molecule has 1 amide bonds. The minimum atomic E-state index is -0.575. The zero-order chi connectivity index (χ0) is 19.9. The molecule has 0 atom stereocenters. The van der Waals surface area contributed by atoms with Gasteiger partial charge in [0.25, 0.3) is 5.91 Å². The van der Waals surface area contributed by atoms with Gasteiger partial charge in [0, 0.05) is 24.4 Å². The fourth-order valence-corrected chi connectivity index (χ4v) is 2.71. The van der Waals surface area contributed by atoms with Crippen molar-refractivity contribution in [2.45, 2.75) is 6.42 Å². The number of carbonyl (C=O) groups excluding carboxylic acids is 1. The Morgan fingerprint density at radius 2 is 1.96 bits per heavy atom. The van der Waals surface area contributed by atoms with Gasteiger partial charge in [0.2, 0.25) is 0 Å². The van der Waals surface area contributed by atoms with Gasteiger partial charge in [0.15, 0.2) is 23.9 Å². The molecule has 0 N–H and O–H groups in total. The summed E-state index contributed by atoms with van der Waals surface area (Å²) in [5.41, 5.74) is 0.300. The third kappa shape index (κ3) is 4.29. The van der Waals surface area contributed by atoms with Crippen molar-refractivity contribution in [1.82, 2.24) is 0 Å². The molecule has 1 aliphatic heterocycles.